The molecule has 2 nitrogen and oxygen atoms in total. The molecule has 1 unspecified atom stereocenters. The Bertz CT molecular complexity index is 507. The standard InChI is InChI=1S/C17H24N2/c1-3-5-6-7-10-14(4-2)17-18-13-15-11-8-9-12-16(15)19-17/h8-9,11-14H,3-7,10H2,1-2H3. The van der Waals surface area contributed by atoms with E-state index in [-0.39, 0.29) is 0 Å². The molecular weight excluding hydrogens is 232 g/mol. The van der Waals surface area contributed by atoms with Crippen LogP contribution in [0, 0.1) is 0 Å². The molecule has 0 N–H and O–H groups in total. The van der Waals surface area contributed by atoms with Crippen molar-refractivity contribution >= 4 is 10.9 Å². The van der Waals surface area contributed by atoms with Gasteiger partial charge in [-0.05, 0) is 18.9 Å². The van der Waals surface area contributed by atoms with Crippen LogP contribution in [0.2, 0.25) is 0 Å². The number of fused-ring (bicyclic) bond motifs is 1. The van der Waals surface area contributed by atoms with Gasteiger partial charge in [0, 0.05) is 17.5 Å². The van der Waals surface area contributed by atoms with E-state index in [1.54, 1.807) is 0 Å². The zero-order valence-electron chi connectivity index (χ0n) is 12.1. The Hall–Kier alpha value is -1.44. The molecule has 0 saturated heterocycles. The lowest BCUT2D eigenvalue weighted by molar-refractivity contribution is 0.524. The summed E-state index contributed by atoms with van der Waals surface area (Å²) in [5.41, 5.74) is 1.07. The van der Waals surface area contributed by atoms with Crippen LogP contribution in [0.4, 0.5) is 0 Å². The van der Waals surface area contributed by atoms with Crippen LogP contribution < -0.4 is 0 Å². The van der Waals surface area contributed by atoms with Crippen molar-refractivity contribution in [2.24, 2.45) is 0 Å². The minimum Gasteiger partial charge on any atom is -0.240 e. The zero-order valence-corrected chi connectivity index (χ0v) is 12.1. The molecule has 0 bridgehead atoms. The van der Waals surface area contributed by atoms with Gasteiger partial charge in [0.05, 0.1) is 5.52 Å². The van der Waals surface area contributed by atoms with E-state index in [0.717, 1.165) is 23.1 Å². The average Bonchev–Trinajstić information content (AvgIpc) is 2.47. The van der Waals surface area contributed by atoms with E-state index in [1.165, 1.54) is 32.1 Å². The number of hydrogen-bond acceptors (Lipinski definition) is 2. The molecule has 2 aromatic rings. The van der Waals surface area contributed by atoms with E-state index in [0.29, 0.717) is 5.92 Å². The van der Waals surface area contributed by atoms with Gasteiger partial charge in [-0.2, -0.15) is 0 Å². The van der Waals surface area contributed by atoms with Gasteiger partial charge < -0.3 is 0 Å². The summed E-state index contributed by atoms with van der Waals surface area (Å²) in [5.74, 6) is 1.54. The molecule has 0 spiro atoms. The first kappa shape index (κ1) is 14.0. The molecule has 1 heterocycles. The highest BCUT2D eigenvalue weighted by molar-refractivity contribution is 5.77. The molecule has 1 atom stereocenters. The highest BCUT2D eigenvalue weighted by Gasteiger charge is 2.12. The summed E-state index contributed by atoms with van der Waals surface area (Å²) in [6.07, 6.45) is 9.58. The van der Waals surface area contributed by atoms with Gasteiger partial charge in [0.25, 0.3) is 0 Å². The second-order valence-corrected chi connectivity index (χ2v) is 5.24. The lowest BCUT2D eigenvalue weighted by Crippen LogP contribution is -2.04. The summed E-state index contributed by atoms with van der Waals surface area (Å²) in [6, 6.07) is 8.22. The number of para-hydroxylation sites is 1. The molecule has 19 heavy (non-hydrogen) atoms. The van der Waals surface area contributed by atoms with Gasteiger partial charge in [0.15, 0.2) is 0 Å². The lowest BCUT2D eigenvalue weighted by Gasteiger charge is -2.13. The van der Waals surface area contributed by atoms with Crippen molar-refractivity contribution in [1.82, 2.24) is 9.97 Å². The van der Waals surface area contributed by atoms with Crippen LogP contribution >= 0.6 is 0 Å². The highest BCUT2D eigenvalue weighted by atomic mass is 14.9. The molecule has 0 aliphatic heterocycles. The Balaban J connectivity index is 2.07. The van der Waals surface area contributed by atoms with Gasteiger partial charge >= 0.3 is 0 Å². The fraction of sp³-hybridized carbons (Fsp3) is 0.529. The maximum atomic E-state index is 4.73. The van der Waals surface area contributed by atoms with Gasteiger partial charge in [-0.25, -0.2) is 9.97 Å². The van der Waals surface area contributed by atoms with Crippen molar-refractivity contribution in [3.63, 3.8) is 0 Å². The minimum atomic E-state index is 0.515. The molecule has 0 fully saturated rings. The van der Waals surface area contributed by atoms with Gasteiger partial charge in [-0.3, -0.25) is 0 Å². The summed E-state index contributed by atoms with van der Waals surface area (Å²) in [6.45, 7) is 4.49. The third kappa shape index (κ3) is 3.76. The fourth-order valence-corrected chi connectivity index (χ4v) is 2.52. The van der Waals surface area contributed by atoms with Gasteiger partial charge in [-0.1, -0.05) is 57.7 Å². The monoisotopic (exact) mass is 256 g/mol. The molecule has 0 amide bonds. The predicted octanol–water partition coefficient (Wildman–Crippen LogP) is 5.09. The maximum absolute atomic E-state index is 4.73. The summed E-state index contributed by atoms with van der Waals surface area (Å²) < 4.78 is 0. The molecule has 2 rings (SSSR count). The van der Waals surface area contributed by atoms with E-state index < -0.39 is 0 Å². The van der Waals surface area contributed by atoms with Crippen molar-refractivity contribution in [2.75, 3.05) is 0 Å². The quantitative estimate of drug-likeness (QED) is 0.644. The molecule has 102 valence electrons. The molecule has 0 aliphatic rings. The van der Waals surface area contributed by atoms with Crippen LogP contribution in [0.3, 0.4) is 0 Å². The number of benzene rings is 1. The summed E-state index contributed by atoms with van der Waals surface area (Å²) >= 11 is 0. The van der Waals surface area contributed by atoms with Gasteiger partial charge in [0.2, 0.25) is 0 Å². The van der Waals surface area contributed by atoms with Crippen LogP contribution in [-0.4, -0.2) is 9.97 Å². The number of aromatic nitrogens is 2. The van der Waals surface area contributed by atoms with Crippen LogP contribution in [0.15, 0.2) is 30.5 Å². The number of rotatable bonds is 7. The Morgan fingerprint density at radius 3 is 2.68 bits per heavy atom. The smallest absolute Gasteiger partial charge is 0.132 e. The number of hydrogen-bond donors (Lipinski definition) is 0. The first-order chi connectivity index (χ1) is 9.35. The summed E-state index contributed by atoms with van der Waals surface area (Å²) in [7, 11) is 0. The van der Waals surface area contributed by atoms with Crippen molar-refractivity contribution in [3.8, 4) is 0 Å². The first-order valence-electron chi connectivity index (χ1n) is 7.56. The van der Waals surface area contributed by atoms with Crippen molar-refractivity contribution in [2.45, 2.75) is 58.3 Å². The second kappa shape index (κ2) is 7.22. The molecule has 0 saturated carbocycles. The van der Waals surface area contributed by atoms with Crippen LogP contribution in [0.1, 0.15) is 64.1 Å². The fourth-order valence-electron chi connectivity index (χ4n) is 2.52. The lowest BCUT2D eigenvalue weighted by atomic mass is 9.97. The first-order valence-corrected chi connectivity index (χ1v) is 7.56. The number of unbranched alkanes of at least 4 members (excludes halogenated alkanes) is 3. The van der Waals surface area contributed by atoms with E-state index in [4.69, 9.17) is 4.98 Å². The molecule has 0 aliphatic carbocycles. The third-order valence-corrected chi connectivity index (χ3v) is 3.77. The van der Waals surface area contributed by atoms with E-state index >= 15 is 0 Å². The zero-order chi connectivity index (χ0) is 13.5. The van der Waals surface area contributed by atoms with Gasteiger partial charge in [-0.15, -0.1) is 0 Å². The van der Waals surface area contributed by atoms with E-state index in [2.05, 4.69) is 31.0 Å². The minimum absolute atomic E-state index is 0.515. The maximum Gasteiger partial charge on any atom is 0.132 e. The molecule has 1 aromatic carbocycles. The largest absolute Gasteiger partial charge is 0.240 e. The molecule has 2 heteroatoms. The molecule has 1 aromatic heterocycles. The van der Waals surface area contributed by atoms with Crippen LogP contribution in [-0.2, 0) is 0 Å². The Labute approximate surface area is 116 Å². The molecular formula is C17H24N2. The van der Waals surface area contributed by atoms with Crippen LogP contribution in [0.5, 0.6) is 0 Å². The van der Waals surface area contributed by atoms with Gasteiger partial charge in [0.1, 0.15) is 5.82 Å². The topological polar surface area (TPSA) is 25.8 Å². The predicted molar refractivity (Wildman–Crippen MR) is 81.3 cm³/mol. The number of nitrogens with zero attached hydrogens (tertiary/aromatic N) is 2. The Morgan fingerprint density at radius 1 is 1.05 bits per heavy atom. The summed E-state index contributed by atoms with van der Waals surface area (Å²) in [4.78, 5) is 9.30. The Morgan fingerprint density at radius 2 is 1.89 bits per heavy atom. The average molecular weight is 256 g/mol. The van der Waals surface area contributed by atoms with E-state index in [9.17, 15) is 0 Å². The Kier molecular flexibility index (Phi) is 5.31. The van der Waals surface area contributed by atoms with Crippen LogP contribution in [0.25, 0.3) is 10.9 Å². The van der Waals surface area contributed by atoms with Crippen molar-refractivity contribution in [1.29, 1.82) is 0 Å². The van der Waals surface area contributed by atoms with Crippen molar-refractivity contribution < 1.29 is 0 Å². The summed E-state index contributed by atoms with van der Waals surface area (Å²) in [5, 5.41) is 1.13. The molecule has 0 radical (unpaired) electrons. The highest BCUT2D eigenvalue weighted by Crippen LogP contribution is 2.24. The van der Waals surface area contributed by atoms with E-state index in [1.807, 2.05) is 18.3 Å². The normalized spacial score (nSPS) is 12.7. The van der Waals surface area contributed by atoms with Crippen molar-refractivity contribution in [3.05, 3.63) is 36.3 Å². The second-order valence-electron chi connectivity index (χ2n) is 5.24. The SMILES string of the molecule is CCCCCCC(CC)c1ncc2ccccc2n1. The third-order valence-electron chi connectivity index (χ3n) is 3.77.